The van der Waals surface area contributed by atoms with Crippen molar-refractivity contribution in [3.05, 3.63) is 12.2 Å². The highest BCUT2D eigenvalue weighted by Gasteiger charge is 2.41. The van der Waals surface area contributed by atoms with Crippen LogP contribution in [-0.4, -0.2) is 58.4 Å². The average Bonchev–Trinajstić information content (AvgIpc) is 2.87. The second kappa shape index (κ2) is 5.50. The van der Waals surface area contributed by atoms with Crippen LogP contribution in [-0.2, 0) is 14.4 Å². The Bertz CT molecular complexity index is 502. The zero-order chi connectivity index (χ0) is 15.0. The predicted octanol–water partition coefficient (Wildman–Crippen LogP) is 0.487. The molecule has 1 aliphatic carbocycles. The van der Waals surface area contributed by atoms with Gasteiger partial charge in [-0.05, 0) is 19.3 Å². The van der Waals surface area contributed by atoms with E-state index in [1.807, 2.05) is 17.1 Å². The standard InChI is InChI=1S/C15H20N2O4/c18-13-6-5-10-9-16(7-8-17(10)13)14(19)11-3-1-2-4-12(11)15(20)21/h1-2,10-12H,3-9H2,(H,20,21). The van der Waals surface area contributed by atoms with E-state index >= 15 is 0 Å². The van der Waals surface area contributed by atoms with Crippen molar-refractivity contribution in [1.29, 1.82) is 0 Å². The molecule has 114 valence electrons. The molecule has 21 heavy (non-hydrogen) atoms. The number of amides is 2. The number of carboxylic acids is 1. The monoisotopic (exact) mass is 292 g/mol. The van der Waals surface area contributed by atoms with E-state index in [9.17, 15) is 19.5 Å². The third-order valence-electron chi connectivity index (χ3n) is 4.87. The average molecular weight is 292 g/mol. The van der Waals surface area contributed by atoms with Crippen molar-refractivity contribution in [2.24, 2.45) is 11.8 Å². The zero-order valence-electron chi connectivity index (χ0n) is 11.9. The quantitative estimate of drug-likeness (QED) is 0.751. The lowest BCUT2D eigenvalue weighted by atomic mass is 9.82. The van der Waals surface area contributed by atoms with E-state index in [1.54, 1.807) is 4.90 Å². The van der Waals surface area contributed by atoms with Crippen LogP contribution < -0.4 is 0 Å². The third kappa shape index (κ3) is 2.54. The lowest BCUT2D eigenvalue weighted by Crippen LogP contribution is -2.55. The van der Waals surface area contributed by atoms with Crippen molar-refractivity contribution in [2.75, 3.05) is 19.6 Å². The predicted molar refractivity (Wildman–Crippen MR) is 74.3 cm³/mol. The van der Waals surface area contributed by atoms with Crippen LogP contribution in [0.3, 0.4) is 0 Å². The number of allylic oxidation sites excluding steroid dienone is 2. The maximum atomic E-state index is 12.7. The van der Waals surface area contributed by atoms with Crippen LogP contribution >= 0.6 is 0 Å². The number of fused-ring (bicyclic) bond motifs is 1. The van der Waals surface area contributed by atoms with Crippen LogP contribution in [0.4, 0.5) is 0 Å². The molecule has 0 spiro atoms. The Balaban J connectivity index is 1.69. The largest absolute Gasteiger partial charge is 0.481 e. The van der Waals surface area contributed by atoms with Gasteiger partial charge in [0.1, 0.15) is 0 Å². The fraction of sp³-hybridized carbons (Fsp3) is 0.667. The van der Waals surface area contributed by atoms with E-state index in [0.29, 0.717) is 38.9 Å². The van der Waals surface area contributed by atoms with Crippen molar-refractivity contribution >= 4 is 17.8 Å². The summed E-state index contributed by atoms with van der Waals surface area (Å²) in [4.78, 5) is 39.3. The molecular weight excluding hydrogens is 272 g/mol. The van der Waals surface area contributed by atoms with E-state index in [-0.39, 0.29) is 17.9 Å². The molecule has 0 aromatic rings. The SMILES string of the molecule is O=C(O)C1CC=CCC1C(=O)N1CCN2C(=O)CCC2C1. The van der Waals surface area contributed by atoms with Crippen LogP contribution in [0, 0.1) is 11.8 Å². The van der Waals surface area contributed by atoms with Crippen LogP contribution in [0.15, 0.2) is 12.2 Å². The van der Waals surface area contributed by atoms with Gasteiger partial charge in [0.25, 0.3) is 0 Å². The molecule has 3 rings (SSSR count). The van der Waals surface area contributed by atoms with E-state index in [1.165, 1.54) is 0 Å². The summed E-state index contributed by atoms with van der Waals surface area (Å²) >= 11 is 0. The van der Waals surface area contributed by atoms with Crippen LogP contribution in [0.25, 0.3) is 0 Å². The molecule has 3 atom stereocenters. The molecule has 6 nitrogen and oxygen atoms in total. The second-order valence-electron chi connectivity index (χ2n) is 6.06. The minimum atomic E-state index is -0.896. The van der Waals surface area contributed by atoms with Gasteiger partial charge in [-0.2, -0.15) is 0 Å². The molecule has 2 amide bonds. The Labute approximate surface area is 123 Å². The molecule has 0 bridgehead atoms. The highest BCUT2D eigenvalue weighted by molar-refractivity contribution is 5.86. The molecule has 2 aliphatic heterocycles. The first kappa shape index (κ1) is 14.1. The van der Waals surface area contributed by atoms with Gasteiger partial charge in [0.05, 0.1) is 11.8 Å². The van der Waals surface area contributed by atoms with Gasteiger partial charge in [-0.3, -0.25) is 14.4 Å². The van der Waals surface area contributed by atoms with E-state index < -0.39 is 17.8 Å². The van der Waals surface area contributed by atoms with Crippen molar-refractivity contribution in [2.45, 2.75) is 31.7 Å². The minimum absolute atomic E-state index is 0.0641. The molecule has 0 radical (unpaired) electrons. The fourth-order valence-electron chi connectivity index (χ4n) is 3.66. The normalized spacial score (nSPS) is 32.2. The van der Waals surface area contributed by atoms with E-state index in [4.69, 9.17) is 0 Å². The number of carbonyl (C=O) groups excluding carboxylic acids is 2. The molecule has 3 unspecified atom stereocenters. The van der Waals surface area contributed by atoms with Crippen molar-refractivity contribution in [3.63, 3.8) is 0 Å². The highest BCUT2D eigenvalue weighted by atomic mass is 16.4. The summed E-state index contributed by atoms with van der Waals surface area (Å²) in [6, 6.07) is 0.123. The number of carbonyl (C=O) groups is 3. The number of rotatable bonds is 2. The summed E-state index contributed by atoms with van der Waals surface area (Å²) in [7, 11) is 0. The van der Waals surface area contributed by atoms with Crippen LogP contribution in [0.5, 0.6) is 0 Å². The van der Waals surface area contributed by atoms with Gasteiger partial charge in [-0.1, -0.05) is 12.2 Å². The Morgan fingerprint density at radius 3 is 2.57 bits per heavy atom. The Morgan fingerprint density at radius 2 is 1.86 bits per heavy atom. The molecule has 2 saturated heterocycles. The van der Waals surface area contributed by atoms with Gasteiger partial charge in [0, 0.05) is 32.1 Å². The van der Waals surface area contributed by atoms with Crippen LogP contribution in [0.1, 0.15) is 25.7 Å². The fourth-order valence-corrected chi connectivity index (χ4v) is 3.66. The first-order valence-electron chi connectivity index (χ1n) is 7.54. The summed E-state index contributed by atoms with van der Waals surface area (Å²) in [5, 5.41) is 9.28. The number of hydrogen-bond acceptors (Lipinski definition) is 3. The first-order chi connectivity index (χ1) is 10.1. The Morgan fingerprint density at radius 1 is 1.14 bits per heavy atom. The number of aliphatic carboxylic acids is 1. The molecule has 2 fully saturated rings. The van der Waals surface area contributed by atoms with E-state index in [0.717, 1.165) is 6.42 Å². The lowest BCUT2D eigenvalue weighted by molar-refractivity contribution is -0.152. The van der Waals surface area contributed by atoms with Gasteiger partial charge in [-0.15, -0.1) is 0 Å². The van der Waals surface area contributed by atoms with Crippen molar-refractivity contribution < 1.29 is 19.5 Å². The van der Waals surface area contributed by atoms with Gasteiger partial charge in [0.15, 0.2) is 0 Å². The van der Waals surface area contributed by atoms with Crippen molar-refractivity contribution in [3.8, 4) is 0 Å². The topological polar surface area (TPSA) is 77.9 Å². The summed E-state index contributed by atoms with van der Waals surface area (Å²) < 4.78 is 0. The second-order valence-corrected chi connectivity index (χ2v) is 6.06. The first-order valence-corrected chi connectivity index (χ1v) is 7.54. The maximum absolute atomic E-state index is 12.7. The van der Waals surface area contributed by atoms with Gasteiger partial charge >= 0.3 is 5.97 Å². The molecule has 1 N–H and O–H groups in total. The lowest BCUT2D eigenvalue weighted by Gasteiger charge is -2.40. The minimum Gasteiger partial charge on any atom is -0.481 e. The summed E-state index contributed by atoms with van der Waals surface area (Å²) in [5.74, 6) is -1.86. The molecule has 6 heteroatoms. The number of hydrogen-bond donors (Lipinski definition) is 1. The highest BCUT2D eigenvalue weighted by Crippen LogP contribution is 2.30. The smallest absolute Gasteiger partial charge is 0.307 e. The Kier molecular flexibility index (Phi) is 3.69. The molecule has 0 saturated carbocycles. The zero-order valence-corrected chi connectivity index (χ0v) is 11.9. The number of nitrogens with zero attached hydrogens (tertiary/aromatic N) is 2. The molecule has 0 aromatic heterocycles. The third-order valence-corrected chi connectivity index (χ3v) is 4.87. The summed E-state index contributed by atoms with van der Waals surface area (Å²) in [5.41, 5.74) is 0. The molecule has 0 aromatic carbocycles. The van der Waals surface area contributed by atoms with Gasteiger partial charge < -0.3 is 14.9 Å². The molecule has 2 heterocycles. The van der Waals surface area contributed by atoms with Crippen LogP contribution in [0.2, 0.25) is 0 Å². The summed E-state index contributed by atoms with van der Waals surface area (Å²) in [6.07, 6.45) is 6.03. The van der Waals surface area contributed by atoms with Gasteiger partial charge in [-0.25, -0.2) is 0 Å². The van der Waals surface area contributed by atoms with Crippen molar-refractivity contribution in [1.82, 2.24) is 9.80 Å². The summed E-state index contributed by atoms with van der Waals surface area (Å²) in [6.45, 7) is 1.65. The number of piperazine rings is 1. The van der Waals surface area contributed by atoms with Gasteiger partial charge in [0.2, 0.25) is 11.8 Å². The molecular formula is C15H20N2O4. The van der Waals surface area contributed by atoms with E-state index in [2.05, 4.69) is 0 Å². The molecule has 3 aliphatic rings. The maximum Gasteiger partial charge on any atom is 0.307 e. The number of carboxylic acid groups (broad SMARTS) is 1. The Hall–Kier alpha value is -1.85.